The second-order valence-electron chi connectivity index (χ2n) is 18.5. The standard InChI is InChI=1S/2C7H4F3I.C7H7IO.C6H3IN2O4.C6H3IN2O3.3C6H4INO2.C6H6IN.C4H3IN2.C3H3IN2/c8-7(9,10)5-1-3-6(11)4-2-5;8-7(9,10)5-3-1-2-4-6(5)11;1-9-7-4-2-6(8)3-5-7;7-4-1-5(8(10)11)3-6(2-4)9(12)13;7-5-2-1-4(9(11)12)3-6(5)8-10;7-5-1-3-6(4-2-5)8(9)10;7-5-2-1-3-6(4-5)8(9)10;7-5-3-1-2-4-6(5)8(9)10;7-5-3-1-2-4-6(5)8;5-4-3-6-1-2-7-4;4-3-1-5-6-2-3/h2*1-4H;2-5H,1H3;1-3H;1-3H;3*1-4H;1-4H,8H2;1-3H;1-2H,(H,5,6). The highest BCUT2D eigenvalue weighted by atomic mass is 127. The van der Waals surface area contributed by atoms with E-state index in [1.165, 1.54) is 82.4 Å². The summed E-state index contributed by atoms with van der Waals surface area (Å²) in [5.41, 5.74) is 5.10. The Morgan fingerprint density at radius 3 is 1.21 bits per heavy atom. The molecule has 43 heteroatoms. The number of para-hydroxylation sites is 2. The van der Waals surface area contributed by atoms with E-state index in [0.717, 1.165) is 63.3 Å². The number of anilines is 1. The highest BCUT2D eigenvalue weighted by Gasteiger charge is 2.32. The monoisotopic (exact) mass is 2720 g/mol. The van der Waals surface area contributed by atoms with Crippen LogP contribution in [-0.4, -0.2) is 56.8 Å². The van der Waals surface area contributed by atoms with Gasteiger partial charge in [0.05, 0.1) is 73.4 Å². The average molecular weight is 2720 g/mol. The van der Waals surface area contributed by atoms with Gasteiger partial charge in [-0.05, 0) is 357 Å². The molecule has 107 heavy (non-hydrogen) atoms. The first-order valence-electron chi connectivity index (χ1n) is 27.8. The molecule has 26 nitrogen and oxygen atoms in total. The van der Waals surface area contributed by atoms with E-state index < -0.39 is 48.1 Å². The summed E-state index contributed by atoms with van der Waals surface area (Å²) in [5.74, 6) is 0.912. The molecule has 9 aromatic carbocycles. The number of aromatic nitrogens is 4. The van der Waals surface area contributed by atoms with Crippen molar-refractivity contribution in [3.63, 3.8) is 0 Å². The number of ether oxygens (including phenoxy) is 1. The molecule has 3 N–H and O–H groups in total. The van der Waals surface area contributed by atoms with E-state index in [9.17, 15) is 91.9 Å². The Morgan fingerprint density at radius 2 is 0.879 bits per heavy atom. The minimum Gasteiger partial charge on any atom is -0.497 e. The molecule has 564 valence electrons. The smallest absolute Gasteiger partial charge is 0.417 e. The van der Waals surface area contributed by atoms with E-state index in [4.69, 9.17) is 10.5 Å². The SMILES string of the molecule is COc1ccc(I)cc1.FC(F)(F)c1ccc(I)cc1.FC(F)(F)c1ccccc1I.Ic1cn[nH]c1.Ic1cnccn1.Nc1ccccc1I.O=Nc1cc([N+](=O)[O-])ccc1I.O=[N+]([O-])c1cc(I)cc([N+](=O)[O-])c1.O=[N+]([O-])c1ccc(I)cc1.O=[N+]([O-])c1cccc(I)c1.O=[N+]([O-])c1ccccc1I. The van der Waals surface area contributed by atoms with Crippen LogP contribution in [-0.2, 0) is 12.4 Å². The average Bonchev–Trinajstić information content (AvgIpc) is 1.79. The molecule has 2 heterocycles. The topological polar surface area (TPSA) is 378 Å². The second kappa shape index (κ2) is 54.2. The molecule has 11 rings (SSSR count). The molecule has 2 aromatic heterocycles. The Labute approximate surface area is 753 Å². The lowest BCUT2D eigenvalue weighted by Crippen LogP contribution is -2.06. The van der Waals surface area contributed by atoms with Gasteiger partial charge in [0.2, 0.25) is 0 Å². The van der Waals surface area contributed by atoms with Gasteiger partial charge in [0, 0.05) is 107 Å². The number of nitroso groups, excluding NO2 is 1. The first-order chi connectivity index (χ1) is 50.2. The summed E-state index contributed by atoms with van der Waals surface area (Å²) < 4.78 is 85.9. The number of nitrogens with one attached hydrogen (secondary N) is 1. The van der Waals surface area contributed by atoms with Gasteiger partial charge in [-0.1, -0.05) is 42.5 Å². The molecule has 0 bridgehead atoms. The van der Waals surface area contributed by atoms with Gasteiger partial charge in [-0.25, -0.2) is 4.98 Å². The van der Waals surface area contributed by atoms with Crippen molar-refractivity contribution < 1.29 is 60.6 Å². The van der Waals surface area contributed by atoms with Crippen molar-refractivity contribution in [3.8, 4) is 5.75 Å². The summed E-state index contributed by atoms with van der Waals surface area (Å²) in [5, 5.41) is 70.4. The molecule has 11 aromatic rings. The number of rotatable bonds is 8. The van der Waals surface area contributed by atoms with Crippen LogP contribution >= 0.6 is 248 Å². The van der Waals surface area contributed by atoms with Crippen molar-refractivity contribution in [2.45, 2.75) is 12.4 Å². The summed E-state index contributed by atoms with van der Waals surface area (Å²) in [6.45, 7) is 0. The van der Waals surface area contributed by atoms with Gasteiger partial charge in [-0.3, -0.25) is 70.8 Å². The summed E-state index contributed by atoms with van der Waals surface area (Å²) in [6, 6.07) is 53.1. The number of benzene rings is 9. The third kappa shape index (κ3) is 44.8. The van der Waals surface area contributed by atoms with Gasteiger partial charge in [-0.2, -0.15) is 31.4 Å². The molecule has 0 aliphatic heterocycles. The summed E-state index contributed by atoms with van der Waals surface area (Å²) in [6.07, 6.45) is 0.188. The first kappa shape index (κ1) is 99.5. The van der Waals surface area contributed by atoms with Crippen LogP contribution in [0, 0.1) is 105 Å². The molecule has 0 saturated carbocycles. The summed E-state index contributed by atoms with van der Waals surface area (Å²) in [4.78, 5) is 76.1. The van der Waals surface area contributed by atoms with E-state index in [1.54, 1.807) is 120 Å². The van der Waals surface area contributed by atoms with Crippen molar-refractivity contribution in [1.29, 1.82) is 0 Å². The number of hydrogen-bond acceptors (Lipinski definition) is 19. The molecule has 0 unspecified atom stereocenters. The predicted octanol–water partition coefficient (Wildman–Crippen LogP) is 24.2. The second-order valence-corrected chi connectivity index (χ2v) is 31.7. The number of nitrogens with zero attached hydrogens (tertiary/aromatic N) is 10. The number of methoxy groups -OCH3 is 1. The van der Waals surface area contributed by atoms with Crippen LogP contribution in [0.2, 0.25) is 0 Å². The van der Waals surface area contributed by atoms with Crippen LogP contribution in [0.1, 0.15) is 11.1 Å². The number of alkyl halides is 6. The number of aromatic amines is 1. The molecule has 0 saturated heterocycles. The van der Waals surface area contributed by atoms with E-state index >= 15 is 0 Å². The van der Waals surface area contributed by atoms with E-state index in [-0.39, 0.29) is 48.3 Å². The zero-order valence-electron chi connectivity index (χ0n) is 53.2. The molecule has 0 aliphatic rings. The molecular formula is C64H45F6I11N12O14. The first-order valence-corrected chi connectivity index (χ1v) is 39.6. The minimum atomic E-state index is -4.22. The largest absolute Gasteiger partial charge is 0.497 e. The maximum absolute atomic E-state index is 12.0. The van der Waals surface area contributed by atoms with Gasteiger partial charge in [0.25, 0.3) is 34.1 Å². The minimum absolute atomic E-state index is 0.102. The molecular weight excluding hydrogens is 2670 g/mol. The predicted molar refractivity (Wildman–Crippen MR) is 485 cm³/mol. The molecule has 0 amide bonds. The van der Waals surface area contributed by atoms with Gasteiger partial charge >= 0.3 is 12.4 Å². The van der Waals surface area contributed by atoms with Crippen LogP contribution < -0.4 is 10.5 Å². The van der Waals surface area contributed by atoms with Crippen LogP contribution in [0.15, 0.2) is 242 Å². The molecule has 0 radical (unpaired) electrons. The van der Waals surface area contributed by atoms with E-state index in [1.807, 2.05) is 151 Å². The third-order valence-corrected chi connectivity index (χ3v) is 19.3. The van der Waals surface area contributed by atoms with Crippen LogP contribution in [0.3, 0.4) is 0 Å². The number of nitrogen functional groups attached to an aromatic ring is 1. The number of hydrogen-bond donors (Lipinski definition) is 2. The normalized spacial score (nSPS) is 9.74. The van der Waals surface area contributed by atoms with Gasteiger partial charge in [0.15, 0.2) is 0 Å². The number of halogens is 17. The Balaban J connectivity index is 0.000000591. The Morgan fingerprint density at radius 1 is 0.421 bits per heavy atom. The fourth-order valence-corrected chi connectivity index (χ4v) is 11.0. The molecule has 0 aliphatic carbocycles. The lowest BCUT2D eigenvalue weighted by atomic mass is 10.2. The number of nitro groups is 6. The van der Waals surface area contributed by atoms with Crippen LogP contribution in [0.25, 0.3) is 0 Å². The number of nitro benzene ring substituents is 6. The van der Waals surface area contributed by atoms with E-state index in [0.29, 0.717) is 10.7 Å². The van der Waals surface area contributed by atoms with Gasteiger partial charge in [-0.15, -0.1) is 4.91 Å². The molecule has 0 atom stereocenters. The third-order valence-electron chi connectivity index (χ3n) is 10.9. The molecule has 0 fully saturated rings. The highest BCUT2D eigenvalue weighted by Crippen LogP contribution is 2.33. The van der Waals surface area contributed by atoms with Crippen molar-refractivity contribution in [3.05, 3.63) is 353 Å². The zero-order valence-corrected chi connectivity index (χ0v) is 76.9. The van der Waals surface area contributed by atoms with Gasteiger partial charge in [0.1, 0.15) is 15.1 Å². The van der Waals surface area contributed by atoms with Crippen molar-refractivity contribution >= 4 is 294 Å². The maximum atomic E-state index is 12.0. The lowest BCUT2D eigenvalue weighted by molar-refractivity contribution is -0.394. The number of nitrogens with two attached hydrogens (primary N) is 1. The van der Waals surface area contributed by atoms with E-state index in [2.05, 4.69) is 138 Å². The number of H-pyrrole nitrogens is 1. The zero-order chi connectivity index (χ0) is 81.0. The quantitative estimate of drug-likeness (QED) is 0.0356. The van der Waals surface area contributed by atoms with Crippen LogP contribution in [0.5, 0.6) is 5.75 Å². The highest BCUT2D eigenvalue weighted by molar-refractivity contribution is 14.1. The fraction of sp³-hybridized carbons (Fsp3) is 0.0469. The Hall–Kier alpha value is -5.52. The molecule has 0 spiro atoms. The fourth-order valence-electron chi connectivity index (χ4n) is 6.10. The number of non-ortho nitro benzene ring substituents is 5. The Bertz CT molecular complexity index is 4550. The van der Waals surface area contributed by atoms with Gasteiger partial charge < -0.3 is 10.5 Å². The van der Waals surface area contributed by atoms with Crippen molar-refractivity contribution in [2.75, 3.05) is 12.8 Å². The summed E-state index contributed by atoms with van der Waals surface area (Å²) >= 11 is 22.1. The van der Waals surface area contributed by atoms with Crippen molar-refractivity contribution in [1.82, 2.24) is 20.2 Å². The lowest BCUT2D eigenvalue weighted by Gasteiger charge is -2.07. The summed E-state index contributed by atoms with van der Waals surface area (Å²) in [7, 11) is 1.67. The van der Waals surface area contributed by atoms with Crippen molar-refractivity contribution in [2.24, 2.45) is 5.18 Å². The van der Waals surface area contributed by atoms with Crippen LogP contribution in [0.4, 0.5) is 71.8 Å². The Kier molecular flexibility index (Phi) is 50.4. The maximum Gasteiger partial charge on any atom is 0.417 e.